The summed E-state index contributed by atoms with van der Waals surface area (Å²) < 4.78 is 19.0. The molecule has 56 heavy (non-hydrogen) atoms. The largest absolute Gasteiger partial charge is 0.493 e. The number of nitrogens with one attached hydrogen (secondary N) is 3. The van der Waals surface area contributed by atoms with Crippen molar-refractivity contribution in [1.82, 2.24) is 4.90 Å². The molecule has 0 bridgehead atoms. The number of anilines is 3. The van der Waals surface area contributed by atoms with Crippen molar-refractivity contribution < 1.29 is 14.2 Å². The first-order valence-electron chi connectivity index (χ1n) is 19.9. The van der Waals surface area contributed by atoms with Crippen molar-refractivity contribution in [3.63, 3.8) is 0 Å². The molecule has 0 amide bonds. The highest BCUT2D eigenvalue weighted by Gasteiger charge is 2.34. The molecule has 3 N–H and O–H groups in total. The minimum absolute atomic E-state index is 0.170. The van der Waals surface area contributed by atoms with Crippen molar-refractivity contribution >= 4 is 41.0 Å². The number of allylic oxidation sites excluding steroid dienone is 7. The number of benzene rings is 3. The average Bonchev–Trinajstić information content (AvgIpc) is 3.78. The van der Waals surface area contributed by atoms with Gasteiger partial charge in [-0.05, 0) is 141 Å². The summed E-state index contributed by atoms with van der Waals surface area (Å²) in [6.45, 7) is 14.7. The van der Waals surface area contributed by atoms with Crippen LogP contribution < -0.4 is 30.2 Å². The average molecular weight is 767 g/mol. The van der Waals surface area contributed by atoms with Gasteiger partial charge in [-0.2, -0.15) is 0 Å². The molecule has 5 aliphatic rings. The van der Waals surface area contributed by atoms with Crippen molar-refractivity contribution in [3.8, 4) is 17.2 Å². The van der Waals surface area contributed by atoms with Crippen LogP contribution in [0.2, 0.25) is 0 Å². The Morgan fingerprint density at radius 2 is 1.66 bits per heavy atom. The zero-order valence-electron chi connectivity index (χ0n) is 33.2. The van der Waals surface area contributed by atoms with Crippen LogP contribution in [0.25, 0.3) is 11.3 Å². The number of hydrogen-bond donors (Lipinski definition) is 4. The normalized spacial score (nSPS) is 19.6. The number of aryl methyl sites for hydroxylation is 1. The van der Waals surface area contributed by atoms with Crippen LogP contribution in [-0.2, 0) is 13.2 Å². The van der Waals surface area contributed by atoms with E-state index < -0.39 is 0 Å². The van der Waals surface area contributed by atoms with E-state index in [9.17, 15) is 0 Å². The summed E-state index contributed by atoms with van der Waals surface area (Å²) in [5.41, 5.74) is 16.1. The molecule has 2 aliphatic heterocycles. The molecule has 3 aromatic carbocycles. The maximum Gasteiger partial charge on any atom is 0.163 e. The molecule has 3 aromatic rings. The van der Waals surface area contributed by atoms with Crippen molar-refractivity contribution in [2.75, 3.05) is 36.7 Å². The van der Waals surface area contributed by atoms with E-state index in [1.54, 1.807) is 18.3 Å². The molecule has 290 valence electrons. The summed E-state index contributed by atoms with van der Waals surface area (Å²) in [6.07, 6.45) is 19.2. The van der Waals surface area contributed by atoms with Gasteiger partial charge in [0, 0.05) is 59.6 Å². The van der Waals surface area contributed by atoms with Gasteiger partial charge in [0.2, 0.25) is 0 Å². The lowest BCUT2D eigenvalue weighted by Crippen LogP contribution is -2.28. The molecule has 0 spiro atoms. The van der Waals surface area contributed by atoms with Crippen LogP contribution >= 0.6 is 12.6 Å². The van der Waals surface area contributed by atoms with Gasteiger partial charge in [-0.3, -0.25) is 0 Å². The Morgan fingerprint density at radius 1 is 0.911 bits per heavy atom. The summed E-state index contributed by atoms with van der Waals surface area (Å²) in [4.78, 5) is 2.35. The SMILES string of the molecule is C=C(C)c1cc(C)c(OCc2cc(COc3cc4c(cc3OC)C(=C)N3C5=C(CCC=C5)CC3C=C(S)N4)cc(NC)c2)cc1NC[C@H]1CC2=C(CCC=C2)C1. The highest BCUT2D eigenvalue weighted by atomic mass is 32.1. The number of hydrogen-bond acceptors (Lipinski definition) is 8. The third-order valence-corrected chi connectivity index (χ3v) is 12.0. The van der Waals surface area contributed by atoms with Crippen LogP contribution in [0, 0.1) is 12.8 Å². The molecule has 0 radical (unpaired) electrons. The molecule has 1 unspecified atom stereocenters. The fraction of sp³-hybridized carbons (Fsp3) is 0.333. The van der Waals surface area contributed by atoms with Gasteiger partial charge in [0.15, 0.2) is 11.5 Å². The Bertz CT molecular complexity index is 2240. The fourth-order valence-corrected chi connectivity index (χ4v) is 9.19. The van der Waals surface area contributed by atoms with Crippen molar-refractivity contribution in [1.29, 1.82) is 0 Å². The summed E-state index contributed by atoms with van der Waals surface area (Å²) in [5.74, 6) is 2.75. The topological polar surface area (TPSA) is 67.0 Å². The van der Waals surface area contributed by atoms with E-state index >= 15 is 0 Å². The van der Waals surface area contributed by atoms with Gasteiger partial charge in [0.25, 0.3) is 0 Å². The smallest absolute Gasteiger partial charge is 0.163 e. The first kappa shape index (κ1) is 37.7. The van der Waals surface area contributed by atoms with E-state index in [0.29, 0.717) is 30.6 Å². The number of thiol groups is 1. The van der Waals surface area contributed by atoms with Crippen LogP contribution in [-0.4, -0.2) is 31.6 Å². The van der Waals surface area contributed by atoms with Crippen LogP contribution in [0.4, 0.5) is 17.1 Å². The van der Waals surface area contributed by atoms with E-state index in [2.05, 4.69) is 109 Å². The molecule has 0 saturated carbocycles. The minimum Gasteiger partial charge on any atom is -0.493 e. The molecule has 0 fully saturated rings. The summed E-state index contributed by atoms with van der Waals surface area (Å²) in [7, 11) is 3.61. The Kier molecular flexibility index (Phi) is 10.8. The van der Waals surface area contributed by atoms with Crippen molar-refractivity contribution in [2.45, 2.75) is 78.0 Å². The van der Waals surface area contributed by atoms with Gasteiger partial charge in [-0.1, -0.05) is 37.0 Å². The van der Waals surface area contributed by atoms with Crippen LogP contribution in [0.15, 0.2) is 113 Å². The molecule has 0 aromatic heterocycles. The molecular formula is C48H54N4O3S. The summed E-state index contributed by atoms with van der Waals surface area (Å²) >= 11 is 4.84. The first-order chi connectivity index (χ1) is 27.2. The van der Waals surface area contributed by atoms with Gasteiger partial charge in [-0.15, -0.1) is 12.6 Å². The number of methoxy groups -OCH3 is 1. The zero-order valence-corrected chi connectivity index (χ0v) is 34.1. The molecule has 7 nitrogen and oxygen atoms in total. The number of fused-ring (bicyclic) bond motifs is 3. The summed E-state index contributed by atoms with van der Waals surface area (Å²) in [6, 6.07) is 14.9. The quantitative estimate of drug-likeness (QED) is 0.137. The molecular weight excluding hydrogens is 713 g/mol. The minimum atomic E-state index is 0.170. The maximum absolute atomic E-state index is 6.55. The third kappa shape index (κ3) is 7.77. The first-order valence-corrected chi connectivity index (χ1v) is 20.4. The van der Waals surface area contributed by atoms with E-state index in [0.717, 1.165) is 99.2 Å². The lowest BCUT2D eigenvalue weighted by molar-refractivity contribution is 0.283. The van der Waals surface area contributed by atoms with E-state index in [4.69, 9.17) is 26.8 Å². The predicted molar refractivity (Wildman–Crippen MR) is 236 cm³/mol. The van der Waals surface area contributed by atoms with E-state index in [1.165, 1.54) is 30.5 Å². The zero-order chi connectivity index (χ0) is 38.9. The van der Waals surface area contributed by atoms with Crippen molar-refractivity contribution in [2.24, 2.45) is 5.92 Å². The van der Waals surface area contributed by atoms with E-state index in [-0.39, 0.29) is 6.04 Å². The molecule has 8 rings (SSSR count). The number of rotatable bonds is 12. The molecule has 8 heteroatoms. The second kappa shape index (κ2) is 16.1. The van der Waals surface area contributed by atoms with Crippen LogP contribution in [0.5, 0.6) is 17.2 Å². The maximum atomic E-state index is 6.55. The molecule has 2 heterocycles. The Morgan fingerprint density at radius 3 is 2.39 bits per heavy atom. The van der Waals surface area contributed by atoms with Gasteiger partial charge < -0.3 is 35.1 Å². The Hall–Kier alpha value is -5.21. The second-order valence-corrected chi connectivity index (χ2v) is 16.3. The number of ether oxygens (including phenoxy) is 3. The predicted octanol–water partition coefficient (Wildman–Crippen LogP) is 11.6. The number of nitrogens with zero attached hydrogens (tertiary/aromatic N) is 1. The van der Waals surface area contributed by atoms with Crippen molar-refractivity contribution in [3.05, 3.63) is 141 Å². The van der Waals surface area contributed by atoms with Gasteiger partial charge >= 0.3 is 0 Å². The van der Waals surface area contributed by atoms with E-state index in [1.807, 2.05) is 19.2 Å². The fourth-order valence-electron chi connectivity index (χ4n) is 8.90. The Labute approximate surface area is 338 Å². The monoisotopic (exact) mass is 766 g/mol. The van der Waals surface area contributed by atoms with Crippen LogP contribution in [0.1, 0.15) is 79.7 Å². The Balaban J connectivity index is 0.975. The summed E-state index contributed by atoms with van der Waals surface area (Å²) in [5, 5.41) is 11.4. The third-order valence-electron chi connectivity index (χ3n) is 11.7. The molecule has 2 atom stereocenters. The molecule has 3 aliphatic carbocycles. The lowest BCUT2D eigenvalue weighted by atomic mass is 10.00. The molecule has 0 saturated heterocycles. The standard InChI is InChI=1S/C48H54N4O3S/c1-29(2)40-15-30(3)45(24-42(40)50-26-32-17-35-11-7-8-12-36(35)18-32)54-27-33-16-34(20-38(19-33)49-5)28-55-47-25-43-41(23-46(47)53-6)31(4)52-39(22-48(56)51-43)21-37-13-9-10-14-44(37)52/h7,10-11,14-16,19-20,22-25,32,39,49-51,56H,1,4,8-9,12-13,17-18,21,26-28H2,2-3,5-6H3/t32-,39?/m0/s1. The second-order valence-electron chi connectivity index (χ2n) is 15.8. The van der Waals surface area contributed by atoms with Gasteiger partial charge in [0.1, 0.15) is 19.0 Å². The highest BCUT2D eigenvalue weighted by Crippen LogP contribution is 2.46. The van der Waals surface area contributed by atoms with Gasteiger partial charge in [0.05, 0.1) is 23.9 Å². The van der Waals surface area contributed by atoms with Crippen LogP contribution in [0.3, 0.4) is 0 Å². The highest BCUT2D eigenvalue weighted by molar-refractivity contribution is 7.84. The lowest BCUT2D eigenvalue weighted by Gasteiger charge is -2.33. The van der Waals surface area contributed by atoms with Gasteiger partial charge in [-0.25, -0.2) is 0 Å².